The first-order chi connectivity index (χ1) is 19.0. The predicted octanol–water partition coefficient (Wildman–Crippen LogP) is 3.68. The van der Waals surface area contributed by atoms with Crippen LogP contribution >= 0.6 is 11.6 Å². The van der Waals surface area contributed by atoms with Gasteiger partial charge in [0.25, 0.3) is 0 Å². The molecule has 0 radical (unpaired) electrons. The molecule has 3 aromatic heterocycles. The lowest BCUT2D eigenvalue weighted by atomic mass is 9.80. The van der Waals surface area contributed by atoms with E-state index in [0.29, 0.717) is 71.0 Å². The van der Waals surface area contributed by atoms with Crippen LogP contribution in [-0.4, -0.2) is 60.8 Å². The summed E-state index contributed by atoms with van der Waals surface area (Å²) in [6.45, 7) is 6.62. The molecule has 4 heterocycles. The van der Waals surface area contributed by atoms with Gasteiger partial charge < -0.3 is 21.1 Å². The topological polar surface area (TPSA) is 159 Å². The maximum Gasteiger partial charge on any atom is 0.226 e. The lowest BCUT2D eigenvalue weighted by molar-refractivity contribution is -0.127. The van der Waals surface area contributed by atoms with Gasteiger partial charge >= 0.3 is 0 Å². The molecule has 206 valence electrons. The highest BCUT2D eigenvalue weighted by molar-refractivity contribution is 6.30. The van der Waals surface area contributed by atoms with Crippen LogP contribution in [0.25, 0.3) is 28.2 Å². The number of aromatic nitrogens is 5. The molecule has 4 N–H and O–H groups in total. The standard InChI is InChI=1S/C28H30ClN9O2/c1-27(2,40)16-33-26-35-23(37-12-10-28(3,11-13-37)25(31)39)21-24(36-26)38(20-8-5-18(29)6-9-20)22(34-21)17-4-7-19(14-30)32-15-17/h4-9,15,40H,10-13,16H2,1-3H3,(H2,31,39)(H,33,35,36). The summed E-state index contributed by atoms with van der Waals surface area (Å²) in [6, 6.07) is 12.8. The summed E-state index contributed by atoms with van der Waals surface area (Å²) < 4.78 is 1.90. The largest absolute Gasteiger partial charge is 0.389 e. The molecule has 0 unspecified atom stereocenters. The zero-order chi connectivity index (χ0) is 28.7. The molecule has 1 aliphatic heterocycles. The number of rotatable bonds is 7. The third-order valence-electron chi connectivity index (χ3n) is 7.15. The van der Waals surface area contributed by atoms with E-state index in [-0.39, 0.29) is 12.5 Å². The highest BCUT2D eigenvalue weighted by Gasteiger charge is 2.36. The summed E-state index contributed by atoms with van der Waals surface area (Å²) in [5.74, 6) is 1.18. The predicted molar refractivity (Wildman–Crippen MR) is 153 cm³/mol. The quantitative estimate of drug-likeness (QED) is 0.307. The Labute approximate surface area is 236 Å². The molecule has 0 bridgehead atoms. The minimum Gasteiger partial charge on any atom is -0.389 e. The summed E-state index contributed by atoms with van der Waals surface area (Å²) in [5.41, 5.74) is 6.95. The van der Waals surface area contributed by atoms with E-state index >= 15 is 0 Å². The van der Waals surface area contributed by atoms with E-state index in [1.165, 1.54) is 0 Å². The average Bonchev–Trinajstić information content (AvgIpc) is 3.31. The minimum absolute atomic E-state index is 0.221. The van der Waals surface area contributed by atoms with Crippen LogP contribution in [-0.2, 0) is 4.79 Å². The minimum atomic E-state index is -0.997. The zero-order valence-corrected chi connectivity index (χ0v) is 23.3. The second-order valence-electron chi connectivity index (χ2n) is 10.9. The number of hydrogen-bond acceptors (Lipinski definition) is 9. The number of primary amides is 1. The molecule has 0 atom stereocenters. The number of carbonyl (C=O) groups excluding carboxylic acids is 1. The lowest BCUT2D eigenvalue weighted by Gasteiger charge is -2.37. The van der Waals surface area contributed by atoms with Crippen molar-refractivity contribution in [2.24, 2.45) is 11.1 Å². The number of nitrogens with one attached hydrogen (secondary N) is 1. The Hall–Kier alpha value is -4.27. The highest BCUT2D eigenvalue weighted by atomic mass is 35.5. The van der Waals surface area contributed by atoms with Crippen LogP contribution in [0.4, 0.5) is 11.8 Å². The van der Waals surface area contributed by atoms with Crippen molar-refractivity contribution < 1.29 is 9.90 Å². The molecule has 1 fully saturated rings. The summed E-state index contributed by atoms with van der Waals surface area (Å²) in [5, 5.41) is 23.3. The Bertz CT molecular complexity index is 1590. The molecule has 1 aromatic carbocycles. The maximum absolute atomic E-state index is 12.1. The highest BCUT2D eigenvalue weighted by Crippen LogP contribution is 2.37. The first kappa shape index (κ1) is 27.3. The number of halogens is 1. The molecule has 1 amide bonds. The van der Waals surface area contributed by atoms with E-state index in [0.717, 1.165) is 5.69 Å². The third kappa shape index (κ3) is 5.41. The van der Waals surface area contributed by atoms with Crippen LogP contribution in [0.1, 0.15) is 39.3 Å². The van der Waals surface area contributed by atoms with Gasteiger partial charge in [-0.05, 0) is 63.1 Å². The number of carbonyl (C=O) groups is 1. The van der Waals surface area contributed by atoms with Crippen molar-refractivity contribution in [1.29, 1.82) is 5.26 Å². The summed E-state index contributed by atoms with van der Waals surface area (Å²) in [7, 11) is 0. The molecule has 0 spiro atoms. The first-order valence-electron chi connectivity index (χ1n) is 12.9. The van der Waals surface area contributed by atoms with E-state index in [2.05, 4.69) is 15.2 Å². The Morgan fingerprint density at radius 2 is 1.88 bits per heavy atom. The van der Waals surface area contributed by atoms with Gasteiger partial charge in [-0.3, -0.25) is 9.36 Å². The Morgan fingerprint density at radius 1 is 1.18 bits per heavy atom. The van der Waals surface area contributed by atoms with Gasteiger partial charge in [0.05, 0.1) is 5.60 Å². The molecule has 0 aliphatic carbocycles. The number of piperidine rings is 1. The number of aliphatic hydroxyl groups is 1. The molecule has 40 heavy (non-hydrogen) atoms. The van der Waals surface area contributed by atoms with Crippen molar-refractivity contribution >= 4 is 40.4 Å². The molecule has 4 aromatic rings. The number of nitriles is 1. The Kier molecular flexibility index (Phi) is 7.08. The fourth-order valence-electron chi connectivity index (χ4n) is 4.62. The zero-order valence-electron chi connectivity index (χ0n) is 22.5. The molecule has 12 heteroatoms. The monoisotopic (exact) mass is 559 g/mol. The fraction of sp³-hybridized carbons (Fsp3) is 0.357. The van der Waals surface area contributed by atoms with Crippen LogP contribution < -0.4 is 16.0 Å². The normalized spacial score (nSPS) is 15.2. The summed E-state index contributed by atoms with van der Waals surface area (Å²) >= 11 is 6.20. The molecule has 1 aliphatic rings. The van der Waals surface area contributed by atoms with Crippen molar-refractivity contribution in [3.63, 3.8) is 0 Å². The van der Waals surface area contributed by atoms with E-state index in [4.69, 9.17) is 32.3 Å². The number of nitrogens with zero attached hydrogens (tertiary/aromatic N) is 7. The molecule has 5 rings (SSSR count). The van der Waals surface area contributed by atoms with Crippen molar-refractivity contribution in [3.05, 3.63) is 53.3 Å². The van der Waals surface area contributed by atoms with E-state index in [1.807, 2.05) is 29.7 Å². The molecule has 1 saturated heterocycles. The van der Waals surface area contributed by atoms with Crippen molar-refractivity contribution in [1.82, 2.24) is 24.5 Å². The molecular weight excluding hydrogens is 530 g/mol. The second-order valence-corrected chi connectivity index (χ2v) is 11.3. The molecular formula is C28H30ClN9O2. The van der Waals surface area contributed by atoms with Crippen LogP contribution in [0, 0.1) is 16.7 Å². The van der Waals surface area contributed by atoms with Gasteiger partial charge in [-0.1, -0.05) is 18.5 Å². The number of fused-ring (bicyclic) bond motifs is 1. The van der Waals surface area contributed by atoms with Gasteiger partial charge in [0.1, 0.15) is 17.6 Å². The second kappa shape index (κ2) is 10.4. The number of benzene rings is 1. The van der Waals surface area contributed by atoms with Crippen molar-refractivity contribution in [3.8, 4) is 23.1 Å². The Balaban J connectivity index is 1.72. The summed E-state index contributed by atoms with van der Waals surface area (Å²) in [6.07, 6.45) is 2.75. The van der Waals surface area contributed by atoms with Gasteiger partial charge in [0, 0.05) is 47.5 Å². The first-order valence-corrected chi connectivity index (χ1v) is 13.3. The Morgan fingerprint density at radius 3 is 2.45 bits per heavy atom. The van der Waals surface area contributed by atoms with Crippen molar-refractivity contribution in [2.45, 2.75) is 39.2 Å². The van der Waals surface area contributed by atoms with Crippen LogP contribution in [0.15, 0.2) is 42.6 Å². The average molecular weight is 560 g/mol. The van der Waals surface area contributed by atoms with E-state index in [1.54, 1.807) is 44.3 Å². The maximum atomic E-state index is 12.1. The van der Waals surface area contributed by atoms with Crippen LogP contribution in [0.3, 0.4) is 0 Å². The summed E-state index contributed by atoms with van der Waals surface area (Å²) in [4.78, 5) is 33.1. The number of pyridine rings is 1. The lowest BCUT2D eigenvalue weighted by Crippen LogP contribution is -2.45. The number of imidazole rings is 1. The molecule has 11 nitrogen and oxygen atoms in total. The van der Waals surface area contributed by atoms with Gasteiger partial charge in [0.15, 0.2) is 17.0 Å². The number of hydrogen-bond donors (Lipinski definition) is 3. The van der Waals surface area contributed by atoms with Gasteiger partial charge in [-0.2, -0.15) is 15.2 Å². The van der Waals surface area contributed by atoms with Gasteiger partial charge in [-0.25, -0.2) is 9.97 Å². The number of amides is 1. The molecule has 0 saturated carbocycles. The van der Waals surface area contributed by atoms with Crippen LogP contribution in [0.5, 0.6) is 0 Å². The fourth-order valence-corrected chi connectivity index (χ4v) is 4.74. The van der Waals surface area contributed by atoms with Gasteiger partial charge in [0.2, 0.25) is 11.9 Å². The van der Waals surface area contributed by atoms with Crippen LogP contribution in [0.2, 0.25) is 5.02 Å². The SMILES string of the molecule is CC(C)(O)CNc1nc(N2CCC(C)(C(N)=O)CC2)c2nc(-c3ccc(C#N)nc3)n(-c3ccc(Cl)cc3)c2n1. The van der Waals surface area contributed by atoms with E-state index < -0.39 is 11.0 Å². The van der Waals surface area contributed by atoms with Gasteiger partial charge in [-0.15, -0.1) is 0 Å². The number of nitrogens with two attached hydrogens (primary N) is 1. The van der Waals surface area contributed by atoms with Crippen molar-refractivity contribution in [2.75, 3.05) is 29.9 Å². The smallest absolute Gasteiger partial charge is 0.226 e. The number of anilines is 2. The third-order valence-corrected chi connectivity index (χ3v) is 7.40. The van der Waals surface area contributed by atoms with E-state index in [9.17, 15) is 15.2 Å².